The number of nitrogens with zero attached hydrogens (tertiary/aromatic N) is 4. The SMILES string of the molecule is CC1=C(N(c2ccccc2)c2ccc3c4c5c6cc(C(C)(C)C)ccc6n6c7cc(N(c8ccccc8)c8ccccc8C)ccc7c(cc4n4c7ccc(C(C)(C)C)cc7c2c34)c56)CCC=C1. The van der Waals surface area contributed by atoms with Gasteiger partial charge in [-0.25, -0.2) is 0 Å². The molecule has 0 radical (unpaired) electrons. The summed E-state index contributed by atoms with van der Waals surface area (Å²) in [5.41, 5.74) is 20.0. The predicted octanol–water partition coefficient (Wildman–Crippen LogP) is 18.1. The third-order valence-electron chi connectivity index (χ3n) is 15.2. The van der Waals surface area contributed by atoms with Gasteiger partial charge in [-0.2, -0.15) is 0 Å². The predicted molar refractivity (Wildman–Crippen MR) is 292 cm³/mol. The molecule has 0 bridgehead atoms. The Hall–Kier alpha value is -7.56. The minimum atomic E-state index is -0.0223. The minimum absolute atomic E-state index is 0.0165. The largest absolute Gasteiger partial charge is 0.313 e. The molecule has 4 heteroatoms. The number of fused-ring (bicyclic) bond motifs is 13. The standard InChI is InChI=1S/C64H56N4/c1-39-19-15-17-25-51(39)65(43-21-11-9-12-22-43)45-29-30-46-48-38-57-58(60-50-36-42(64(6,7)8)28-33-54(50)67(62(48)60)56(46)37-45)47-31-34-55(66(44-23-13-10-14-24-44)52-26-18-16-20-40(52)2)59-49-35-41(63(3,4)5)27-32-53(49)68(57)61(47)59/h9-17,19-25,27-38H,18,26H2,1-8H3. The lowest BCUT2D eigenvalue weighted by Crippen LogP contribution is -2.19. The van der Waals surface area contributed by atoms with E-state index in [1.165, 1.54) is 121 Å². The van der Waals surface area contributed by atoms with Crippen molar-refractivity contribution in [3.63, 3.8) is 0 Å². The fourth-order valence-electron chi connectivity index (χ4n) is 11.8. The van der Waals surface area contributed by atoms with E-state index in [0.29, 0.717) is 0 Å². The number of para-hydroxylation sites is 3. The molecule has 0 unspecified atom stereocenters. The van der Waals surface area contributed by atoms with Crippen molar-refractivity contribution in [2.75, 3.05) is 9.80 Å². The van der Waals surface area contributed by atoms with Crippen LogP contribution in [-0.2, 0) is 10.8 Å². The Kier molecular flexibility index (Phi) is 8.66. The highest BCUT2D eigenvalue weighted by atomic mass is 15.2. The van der Waals surface area contributed by atoms with Gasteiger partial charge in [-0.05, 0) is 139 Å². The normalized spacial score (nSPS) is 13.9. The van der Waals surface area contributed by atoms with Crippen LogP contribution in [0.25, 0.3) is 76.2 Å². The van der Waals surface area contributed by atoms with Crippen molar-refractivity contribution < 1.29 is 0 Å². The van der Waals surface area contributed by atoms with Crippen LogP contribution in [-0.4, -0.2) is 8.80 Å². The monoisotopic (exact) mass is 880 g/mol. The Morgan fingerprint density at radius 3 is 1.66 bits per heavy atom. The molecular weight excluding hydrogens is 825 g/mol. The maximum atomic E-state index is 2.63. The summed E-state index contributed by atoms with van der Waals surface area (Å²) in [6, 6.07) is 59.7. The molecule has 4 aromatic heterocycles. The lowest BCUT2D eigenvalue weighted by atomic mass is 9.86. The molecule has 0 atom stereocenters. The van der Waals surface area contributed by atoms with E-state index in [9.17, 15) is 0 Å². The molecule has 8 aromatic carbocycles. The first kappa shape index (κ1) is 40.7. The smallest absolute Gasteiger partial charge is 0.0641 e. The second-order valence-electron chi connectivity index (χ2n) is 21.4. The number of hydrogen-bond acceptors (Lipinski definition) is 2. The molecule has 0 amide bonds. The lowest BCUT2D eigenvalue weighted by molar-refractivity contribution is 0.591. The van der Waals surface area contributed by atoms with Gasteiger partial charge in [0.25, 0.3) is 0 Å². The molecule has 1 aliphatic rings. The third-order valence-corrected chi connectivity index (χ3v) is 15.2. The van der Waals surface area contributed by atoms with E-state index < -0.39 is 0 Å². The van der Waals surface area contributed by atoms with Crippen LogP contribution in [0.1, 0.15) is 78.0 Å². The highest BCUT2D eigenvalue weighted by molar-refractivity contribution is 6.39. The first-order valence-corrected chi connectivity index (χ1v) is 24.4. The summed E-state index contributed by atoms with van der Waals surface area (Å²) in [4.78, 5) is 4.99. The fourth-order valence-corrected chi connectivity index (χ4v) is 11.8. The lowest BCUT2D eigenvalue weighted by Gasteiger charge is -2.31. The van der Waals surface area contributed by atoms with Crippen LogP contribution in [0.4, 0.5) is 28.4 Å². The first-order chi connectivity index (χ1) is 32.9. The zero-order chi connectivity index (χ0) is 46.4. The third kappa shape index (κ3) is 5.79. The summed E-state index contributed by atoms with van der Waals surface area (Å²) in [5, 5.41) is 10.4. The Morgan fingerprint density at radius 2 is 1.01 bits per heavy atom. The summed E-state index contributed by atoms with van der Waals surface area (Å²) in [5.74, 6) is 0. The van der Waals surface area contributed by atoms with Crippen molar-refractivity contribution in [3.8, 4) is 0 Å². The van der Waals surface area contributed by atoms with Crippen molar-refractivity contribution in [2.24, 2.45) is 0 Å². The quantitative estimate of drug-likeness (QED) is 0.165. The Morgan fingerprint density at radius 1 is 0.426 bits per heavy atom. The molecule has 0 fully saturated rings. The van der Waals surface area contributed by atoms with E-state index in [2.05, 4.69) is 244 Å². The Bertz CT molecular complexity index is 4050. The van der Waals surface area contributed by atoms with Gasteiger partial charge in [0, 0.05) is 71.5 Å². The second kappa shape index (κ2) is 14.5. The molecule has 13 rings (SSSR count). The van der Waals surface area contributed by atoms with Gasteiger partial charge >= 0.3 is 0 Å². The maximum Gasteiger partial charge on any atom is 0.0641 e. The second-order valence-corrected chi connectivity index (χ2v) is 21.4. The molecule has 0 spiro atoms. The summed E-state index contributed by atoms with van der Waals surface area (Å²) in [7, 11) is 0. The molecule has 12 aromatic rings. The van der Waals surface area contributed by atoms with Crippen LogP contribution in [0, 0.1) is 6.92 Å². The summed E-state index contributed by atoms with van der Waals surface area (Å²) < 4.78 is 5.22. The van der Waals surface area contributed by atoms with E-state index in [1.54, 1.807) is 0 Å². The number of rotatable bonds is 6. The van der Waals surface area contributed by atoms with Gasteiger partial charge in [0.1, 0.15) is 0 Å². The Balaban J connectivity index is 1.19. The average molecular weight is 881 g/mol. The molecule has 0 N–H and O–H groups in total. The molecule has 332 valence electrons. The van der Waals surface area contributed by atoms with Crippen LogP contribution in [0.15, 0.2) is 181 Å². The van der Waals surface area contributed by atoms with E-state index in [1.807, 2.05) is 0 Å². The molecule has 0 saturated heterocycles. The van der Waals surface area contributed by atoms with E-state index >= 15 is 0 Å². The van der Waals surface area contributed by atoms with Crippen LogP contribution in [0.2, 0.25) is 0 Å². The Labute approximate surface area is 398 Å². The zero-order valence-electron chi connectivity index (χ0n) is 40.4. The number of hydrogen-bond donors (Lipinski definition) is 0. The van der Waals surface area contributed by atoms with Crippen LogP contribution >= 0.6 is 0 Å². The van der Waals surface area contributed by atoms with Gasteiger partial charge < -0.3 is 18.6 Å². The van der Waals surface area contributed by atoms with Crippen LogP contribution in [0.5, 0.6) is 0 Å². The van der Waals surface area contributed by atoms with E-state index in [4.69, 9.17) is 0 Å². The van der Waals surface area contributed by atoms with Crippen LogP contribution < -0.4 is 9.80 Å². The summed E-state index contributed by atoms with van der Waals surface area (Å²) >= 11 is 0. The van der Waals surface area contributed by atoms with Crippen LogP contribution in [0.3, 0.4) is 0 Å². The van der Waals surface area contributed by atoms with E-state index in [-0.39, 0.29) is 10.8 Å². The maximum absolute atomic E-state index is 2.63. The van der Waals surface area contributed by atoms with E-state index in [0.717, 1.165) is 24.2 Å². The van der Waals surface area contributed by atoms with Crippen molar-refractivity contribution >= 4 is 105 Å². The number of anilines is 5. The summed E-state index contributed by atoms with van der Waals surface area (Å²) in [6.07, 6.45) is 6.65. The van der Waals surface area contributed by atoms with Gasteiger partial charge in [-0.1, -0.05) is 133 Å². The highest BCUT2D eigenvalue weighted by Gasteiger charge is 2.31. The highest BCUT2D eigenvalue weighted by Crippen LogP contribution is 2.53. The van der Waals surface area contributed by atoms with Gasteiger partial charge in [0.2, 0.25) is 0 Å². The molecular formula is C64H56N4. The van der Waals surface area contributed by atoms with Gasteiger partial charge in [0.05, 0.1) is 38.8 Å². The van der Waals surface area contributed by atoms with Crippen molar-refractivity contribution in [1.29, 1.82) is 0 Å². The van der Waals surface area contributed by atoms with Crippen molar-refractivity contribution in [3.05, 3.63) is 198 Å². The van der Waals surface area contributed by atoms with Gasteiger partial charge in [0.15, 0.2) is 0 Å². The molecule has 1 aliphatic carbocycles. The fraction of sp³-hybridized carbons (Fsp3) is 0.188. The number of allylic oxidation sites excluding steroid dienone is 4. The molecule has 0 aliphatic heterocycles. The van der Waals surface area contributed by atoms with Gasteiger partial charge in [-0.15, -0.1) is 0 Å². The number of aryl methyl sites for hydroxylation is 1. The number of benzene rings is 8. The van der Waals surface area contributed by atoms with Crippen molar-refractivity contribution in [2.45, 2.75) is 79.1 Å². The summed E-state index contributed by atoms with van der Waals surface area (Å²) in [6.45, 7) is 18.5. The zero-order valence-corrected chi connectivity index (χ0v) is 40.4. The minimum Gasteiger partial charge on any atom is -0.313 e. The molecule has 4 heterocycles. The number of aromatic nitrogens is 2. The van der Waals surface area contributed by atoms with Gasteiger partial charge in [-0.3, -0.25) is 0 Å². The van der Waals surface area contributed by atoms with Crippen molar-refractivity contribution in [1.82, 2.24) is 8.80 Å². The average Bonchev–Trinajstić information content (AvgIpc) is 4.06. The topological polar surface area (TPSA) is 15.3 Å². The molecule has 4 nitrogen and oxygen atoms in total. The molecule has 0 saturated carbocycles. The first-order valence-electron chi connectivity index (χ1n) is 24.4. The molecule has 68 heavy (non-hydrogen) atoms.